The molecule has 0 aliphatic heterocycles. The molecular formula is C16H14N4O4. The first-order chi connectivity index (χ1) is 11.5. The van der Waals surface area contributed by atoms with Crippen molar-refractivity contribution in [3.05, 3.63) is 48.7 Å². The molecule has 0 saturated heterocycles. The van der Waals surface area contributed by atoms with Crippen LogP contribution in [0.4, 0.5) is 16.3 Å². The molecule has 0 spiro atoms. The zero-order valence-corrected chi connectivity index (χ0v) is 12.7. The molecule has 2 aromatic heterocycles. The van der Waals surface area contributed by atoms with Gasteiger partial charge in [0.05, 0.1) is 6.20 Å². The SMILES string of the molecule is CC(=O)Nc1ccc(Oc2cccc3nc(NC(=O)O)cn23)cc1. The average molecular weight is 326 g/mol. The van der Waals surface area contributed by atoms with Gasteiger partial charge in [0.15, 0.2) is 5.82 Å². The molecule has 0 atom stereocenters. The number of pyridine rings is 1. The van der Waals surface area contributed by atoms with E-state index in [1.54, 1.807) is 46.9 Å². The minimum absolute atomic E-state index is 0.148. The number of nitrogens with zero attached hydrogens (tertiary/aromatic N) is 2. The predicted molar refractivity (Wildman–Crippen MR) is 87.7 cm³/mol. The number of amides is 2. The zero-order chi connectivity index (χ0) is 17.1. The molecule has 2 heterocycles. The molecule has 0 radical (unpaired) electrons. The minimum Gasteiger partial charge on any atom is -0.465 e. The number of carbonyl (C=O) groups is 2. The van der Waals surface area contributed by atoms with E-state index >= 15 is 0 Å². The van der Waals surface area contributed by atoms with E-state index < -0.39 is 6.09 Å². The lowest BCUT2D eigenvalue weighted by atomic mass is 10.3. The summed E-state index contributed by atoms with van der Waals surface area (Å²) in [7, 11) is 0. The number of fused-ring (bicyclic) bond motifs is 1. The highest BCUT2D eigenvalue weighted by Crippen LogP contribution is 2.25. The van der Waals surface area contributed by atoms with E-state index in [1.807, 2.05) is 0 Å². The van der Waals surface area contributed by atoms with Gasteiger partial charge in [-0.05, 0) is 36.4 Å². The van der Waals surface area contributed by atoms with Gasteiger partial charge in [-0.2, -0.15) is 0 Å². The van der Waals surface area contributed by atoms with Crippen molar-refractivity contribution in [3.63, 3.8) is 0 Å². The molecule has 8 nitrogen and oxygen atoms in total. The number of imidazole rings is 1. The van der Waals surface area contributed by atoms with E-state index in [1.165, 1.54) is 13.1 Å². The Morgan fingerprint density at radius 2 is 1.88 bits per heavy atom. The summed E-state index contributed by atoms with van der Waals surface area (Å²) >= 11 is 0. The molecular weight excluding hydrogens is 312 g/mol. The maximum absolute atomic E-state index is 11.0. The number of carboxylic acid groups (broad SMARTS) is 1. The van der Waals surface area contributed by atoms with Crippen LogP contribution in [-0.2, 0) is 4.79 Å². The monoisotopic (exact) mass is 326 g/mol. The van der Waals surface area contributed by atoms with Gasteiger partial charge >= 0.3 is 6.09 Å². The Morgan fingerprint density at radius 3 is 2.54 bits per heavy atom. The molecule has 2 amide bonds. The van der Waals surface area contributed by atoms with Gasteiger partial charge < -0.3 is 15.2 Å². The van der Waals surface area contributed by atoms with Gasteiger partial charge in [-0.3, -0.25) is 14.5 Å². The Hall–Kier alpha value is -3.55. The van der Waals surface area contributed by atoms with Crippen LogP contribution >= 0.6 is 0 Å². The van der Waals surface area contributed by atoms with Crippen LogP contribution in [0.25, 0.3) is 5.65 Å². The van der Waals surface area contributed by atoms with Gasteiger partial charge in [0, 0.05) is 12.6 Å². The van der Waals surface area contributed by atoms with Crippen molar-refractivity contribution in [2.45, 2.75) is 6.92 Å². The van der Waals surface area contributed by atoms with Gasteiger partial charge in [-0.25, -0.2) is 9.78 Å². The topological polar surface area (TPSA) is 105 Å². The van der Waals surface area contributed by atoms with Crippen LogP contribution in [-0.4, -0.2) is 26.5 Å². The normalized spacial score (nSPS) is 10.4. The van der Waals surface area contributed by atoms with Crippen LogP contribution in [0.15, 0.2) is 48.7 Å². The first-order valence-electron chi connectivity index (χ1n) is 7.05. The second-order valence-corrected chi connectivity index (χ2v) is 4.96. The molecule has 122 valence electrons. The van der Waals surface area contributed by atoms with Crippen molar-refractivity contribution in [1.82, 2.24) is 9.38 Å². The molecule has 0 bridgehead atoms. The molecule has 8 heteroatoms. The summed E-state index contributed by atoms with van der Waals surface area (Å²) in [6.07, 6.45) is 0.346. The van der Waals surface area contributed by atoms with Crippen LogP contribution in [0, 0.1) is 0 Å². The van der Waals surface area contributed by atoms with Crippen molar-refractivity contribution < 1.29 is 19.4 Å². The van der Waals surface area contributed by atoms with Crippen molar-refractivity contribution >= 4 is 29.2 Å². The fourth-order valence-electron chi connectivity index (χ4n) is 2.17. The van der Waals surface area contributed by atoms with Gasteiger partial charge in [0.2, 0.25) is 11.8 Å². The average Bonchev–Trinajstić information content (AvgIpc) is 2.91. The summed E-state index contributed by atoms with van der Waals surface area (Å²) in [6, 6.07) is 12.1. The van der Waals surface area contributed by atoms with Crippen LogP contribution < -0.4 is 15.4 Å². The highest BCUT2D eigenvalue weighted by molar-refractivity contribution is 5.88. The molecule has 3 aromatic rings. The Morgan fingerprint density at radius 1 is 1.12 bits per heavy atom. The Balaban J connectivity index is 1.85. The molecule has 3 rings (SSSR count). The molecule has 0 unspecified atom stereocenters. The van der Waals surface area contributed by atoms with E-state index in [-0.39, 0.29) is 11.7 Å². The molecule has 0 saturated carbocycles. The van der Waals surface area contributed by atoms with E-state index in [9.17, 15) is 9.59 Å². The second-order valence-electron chi connectivity index (χ2n) is 4.96. The third-order valence-corrected chi connectivity index (χ3v) is 3.09. The van der Waals surface area contributed by atoms with Gasteiger partial charge in [-0.15, -0.1) is 0 Å². The van der Waals surface area contributed by atoms with Gasteiger partial charge in [-0.1, -0.05) is 6.07 Å². The van der Waals surface area contributed by atoms with Crippen molar-refractivity contribution in [3.8, 4) is 11.6 Å². The lowest BCUT2D eigenvalue weighted by Gasteiger charge is -2.08. The number of benzene rings is 1. The standard InChI is InChI=1S/C16H14N4O4/c1-10(21)17-11-5-7-12(8-6-11)24-15-4-2-3-14-18-13(9-20(14)15)19-16(22)23/h2-9,19H,1H3,(H,17,21)(H,22,23). The lowest BCUT2D eigenvalue weighted by molar-refractivity contribution is -0.114. The largest absolute Gasteiger partial charge is 0.465 e. The Kier molecular flexibility index (Phi) is 4.02. The summed E-state index contributed by atoms with van der Waals surface area (Å²) in [5.74, 6) is 1.11. The van der Waals surface area contributed by atoms with Crippen LogP contribution in [0.5, 0.6) is 11.6 Å². The second kappa shape index (κ2) is 6.29. The Labute approximate surface area is 136 Å². The van der Waals surface area contributed by atoms with E-state index in [0.29, 0.717) is 23.0 Å². The number of carbonyl (C=O) groups excluding carboxylic acids is 1. The number of hydrogen-bond donors (Lipinski definition) is 3. The predicted octanol–water partition coefficient (Wildman–Crippen LogP) is 3.17. The van der Waals surface area contributed by atoms with Gasteiger partial charge in [0.1, 0.15) is 11.4 Å². The number of rotatable bonds is 4. The fourth-order valence-corrected chi connectivity index (χ4v) is 2.17. The summed E-state index contributed by atoms with van der Waals surface area (Å²) < 4.78 is 7.44. The maximum atomic E-state index is 11.0. The van der Waals surface area contributed by atoms with Crippen LogP contribution in [0.3, 0.4) is 0 Å². The maximum Gasteiger partial charge on any atom is 0.410 e. The highest BCUT2D eigenvalue weighted by atomic mass is 16.5. The highest BCUT2D eigenvalue weighted by Gasteiger charge is 2.08. The molecule has 24 heavy (non-hydrogen) atoms. The number of aromatic nitrogens is 2. The summed E-state index contributed by atoms with van der Waals surface area (Å²) in [6.45, 7) is 1.44. The molecule has 3 N–H and O–H groups in total. The van der Waals surface area contributed by atoms with Crippen LogP contribution in [0.2, 0.25) is 0 Å². The summed E-state index contributed by atoms with van der Waals surface area (Å²) in [5.41, 5.74) is 1.22. The van der Waals surface area contributed by atoms with Crippen molar-refractivity contribution in [2.75, 3.05) is 10.6 Å². The minimum atomic E-state index is -1.19. The number of nitrogens with one attached hydrogen (secondary N) is 2. The fraction of sp³-hybridized carbons (Fsp3) is 0.0625. The summed E-state index contributed by atoms with van der Waals surface area (Å²) in [4.78, 5) is 25.9. The first-order valence-corrected chi connectivity index (χ1v) is 7.05. The third-order valence-electron chi connectivity index (χ3n) is 3.09. The van der Waals surface area contributed by atoms with Crippen LogP contribution in [0.1, 0.15) is 6.92 Å². The molecule has 0 fully saturated rings. The number of anilines is 2. The van der Waals surface area contributed by atoms with E-state index in [2.05, 4.69) is 15.6 Å². The Bertz CT molecular complexity index is 902. The number of ether oxygens (including phenoxy) is 1. The first kappa shape index (κ1) is 15.3. The quantitative estimate of drug-likeness (QED) is 0.683. The van der Waals surface area contributed by atoms with Crippen molar-refractivity contribution in [2.24, 2.45) is 0 Å². The molecule has 0 aliphatic carbocycles. The molecule has 1 aromatic carbocycles. The van der Waals surface area contributed by atoms with E-state index in [4.69, 9.17) is 9.84 Å². The smallest absolute Gasteiger partial charge is 0.410 e. The van der Waals surface area contributed by atoms with Crippen molar-refractivity contribution in [1.29, 1.82) is 0 Å². The zero-order valence-electron chi connectivity index (χ0n) is 12.7. The summed E-state index contributed by atoms with van der Waals surface area (Å²) in [5, 5.41) is 13.6. The lowest BCUT2D eigenvalue weighted by Crippen LogP contribution is -2.07. The third kappa shape index (κ3) is 3.43. The number of hydrogen-bond acceptors (Lipinski definition) is 4. The van der Waals surface area contributed by atoms with E-state index in [0.717, 1.165) is 0 Å². The molecule has 0 aliphatic rings. The van der Waals surface area contributed by atoms with Gasteiger partial charge in [0.25, 0.3) is 0 Å².